The molecule has 3 rings (SSSR count). The monoisotopic (exact) mass is 345 g/mol. The molecule has 0 radical (unpaired) electrons. The van der Waals surface area contributed by atoms with Crippen LogP contribution in [0.1, 0.15) is 40.4 Å². The Hall–Kier alpha value is -2.76. The summed E-state index contributed by atoms with van der Waals surface area (Å²) in [4.78, 5) is 23.9. The molecule has 130 valence electrons. The van der Waals surface area contributed by atoms with Gasteiger partial charge in [0, 0.05) is 0 Å². The van der Waals surface area contributed by atoms with Gasteiger partial charge in [0.15, 0.2) is 6.61 Å². The van der Waals surface area contributed by atoms with Gasteiger partial charge in [-0.1, -0.05) is 30.3 Å². The summed E-state index contributed by atoms with van der Waals surface area (Å²) in [6.07, 6.45) is 2.70. The van der Waals surface area contributed by atoms with Crippen molar-refractivity contribution < 1.29 is 23.1 Å². The van der Waals surface area contributed by atoms with E-state index in [1.54, 1.807) is 0 Å². The smallest absolute Gasteiger partial charge is 0.344 e. The zero-order valence-electron chi connectivity index (χ0n) is 13.4. The minimum atomic E-state index is -1.20. The molecule has 25 heavy (non-hydrogen) atoms. The van der Waals surface area contributed by atoms with Gasteiger partial charge in [-0.25, -0.2) is 13.6 Å². The minimum Gasteiger partial charge on any atom is -0.452 e. The van der Waals surface area contributed by atoms with E-state index >= 15 is 0 Å². The molecule has 6 heteroatoms. The fourth-order valence-electron chi connectivity index (χ4n) is 3.04. The van der Waals surface area contributed by atoms with E-state index in [4.69, 9.17) is 4.74 Å². The lowest BCUT2D eigenvalue weighted by Crippen LogP contribution is -2.34. The van der Waals surface area contributed by atoms with E-state index in [2.05, 4.69) is 5.32 Å². The third-order valence-corrected chi connectivity index (χ3v) is 4.21. The lowest BCUT2D eigenvalue weighted by atomic mass is 9.88. The number of nitrogens with one attached hydrogen (secondary N) is 1. The Morgan fingerprint density at radius 1 is 1.08 bits per heavy atom. The van der Waals surface area contributed by atoms with Crippen LogP contribution in [0.15, 0.2) is 42.5 Å². The van der Waals surface area contributed by atoms with E-state index in [1.165, 1.54) is 5.56 Å². The highest BCUT2D eigenvalue weighted by atomic mass is 19.1. The van der Waals surface area contributed by atoms with E-state index in [9.17, 15) is 18.4 Å². The maximum atomic E-state index is 13.5. The Balaban J connectivity index is 1.60. The number of halogens is 2. The SMILES string of the molecule is O=C(COC(=O)c1c(F)cccc1F)N[C@H]1CCCc2ccccc21. The molecular formula is C19H17F2NO3. The molecule has 0 aromatic heterocycles. The van der Waals surface area contributed by atoms with Crippen LogP contribution < -0.4 is 5.32 Å². The number of rotatable bonds is 4. The molecule has 0 unspecified atom stereocenters. The van der Waals surface area contributed by atoms with Crippen LogP contribution in [0.4, 0.5) is 8.78 Å². The van der Waals surface area contributed by atoms with Crippen LogP contribution in [0.5, 0.6) is 0 Å². The number of carbonyl (C=O) groups is 2. The van der Waals surface area contributed by atoms with Crippen molar-refractivity contribution in [3.05, 3.63) is 70.8 Å². The first kappa shape index (κ1) is 17.1. The van der Waals surface area contributed by atoms with Crippen molar-refractivity contribution in [3.8, 4) is 0 Å². The number of fused-ring (bicyclic) bond motifs is 1. The quantitative estimate of drug-likeness (QED) is 0.865. The predicted octanol–water partition coefficient (Wildman–Crippen LogP) is 3.32. The third-order valence-electron chi connectivity index (χ3n) is 4.21. The standard InChI is InChI=1S/C19H17F2NO3/c20-14-8-4-9-15(21)18(14)19(24)25-11-17(23)22-16-10-3-6-12-5-1-2-7-13(12)16/h1-2,4-5,7-9,16H,3,6,10-11H2,(H,22,23)/t16-/m0/s1. The van der Waals surface area contributed by atoms with Gasteiger partial charge in [-0.2, -0.15) is 0 Å². The number of aryl methyl sites for hydroxylation is 1. The van der Waals surface area contributed by atoms with E-state index in [0.29, 0.717) is 0 Å². The number of hydrogen-bond acceptors (Lipinski definition) is 3. The highest BCUT2D eigenvalue weighted by Crippen LogP contribution is 2.29. The van der Waals surface area contributed by atoms with Crippen LogP contribution in [0.3, 0.4) is 0 Å². The van der Waals surface area contributed by atoms with Crippen LogP contribution >= 0.6 is 0 Å². The first-order valence-corrected chi connectivity index (χ1v) is 8.04. The Labute approximate surface area is 143 Å². The number of esters is 1. The summed E-state index contributed by atoms with van der Waals surface area (Å²) in [5, 5.41) is 2.81. The molecule has 1 N–H and O–H groups in total. The van der Waals surface area contributed by atoms with Crippen molar-refractivity contribution in [2.75, 3.05) is 6.61 Å². The fourth-order valence-corrected chi connectivity index (χ4v) is 3.04. The molecule has 1 aliphatic carbocycles. The van der Waals surface area contributed by atoms with E-state index in [1.807, 2.05) is 24.3 Å². The number of hydrogen-bond donors (Lipinski definition) is 1. The van der Waals surface area contributed by atoms with E-state index in [0.717, 1.165) is 43.0 Å². The van der Waals surface area contributed by atoms with Crippen molar-refractivity contribution in [1.82, 2.24) is 5.32 Å². The molecule has 2 aromatic rings. The van der Waals surface area contributed by atoms with Crippen molar-refractivity contribution in [3.63, 3.8) is 0 Å². The van der Waals surface area contributed by atoms with Crippen molar-refractivity contribution >= 4 is 11.9 Å². The van der Waals surface area contributed by atoms with Crippen molar-refractivity contribution in [1.29, 1.82) is 0 Å². The van der Waals surface area contributed by atoms with Gasteiger partial charge < -0.3 is 10.1 Å². The van der Waals surface area contributed by atoms with Crippen LogP contribution in [0.25, 0.3) is 0 Å². The lowest BCUT2D eigenvalue weighted by Gasteiger charge is -2.26. The minimum absolute atomic E-state index is 0.152. The molecule has 0 saturated heterocycles. The van der Waals surface area contributed by atoms with Gasteiger partial charge in [-0.15, -0.1) is 0 Å². The largest absolute Gasteiger partial charge is 0.452 e. The van der Waals surface area contributed by atoms with Gasteiger partial charge in [-0.3, -0.25) is 4.79 Å². The Bertz CT molecular complexity index is 787. The zero-order valence-corrected chi connectivity index (χ0v) is 13.4. The van der Waals surface area contributed by atoms with Gasteiger partial charge in [-0.05, 0) is 42.5 Å². The Kier molecular flexibility index (Phi) is 5.07. The highest BCUT2D eigenvalue weighted by molar-refractivity contribution is 5.91. The summed E-state index contributed by atoms with van der Waals surface area (Å²) in [6.45, 7) is -0.592. The lowest BCUT2D eigenvalue weighted by molar-refractivity contribution is -0.125. The summed E-state index contributed by atoms with van der Waals surface area (Å²) in [7, 11) is 0. The molecule has 0 heterocycles. The van der Waals surface area contributed by atoms with Gasteiger partial charge in [0.05, 0.1) is 6.04 Å². The van der Waals surface area contributed by atoms with Crippen LogP contribution in [0.2, 0.25) is 0 Å². The molecule has 4 nitrogen and oxygen atoms in total. The number of carbonyl (C=O) groups excluding carboxylic acids is 2. The maximum Gasteiger partial charge on any atom is 0.344 e. The second-order valence-electron chi connectivity index (χ2n) is 5.88. The number of ether oxygens (including phenoxy) is 1. The normalized spacial score (nSPS) is 16.0. The van der Waals surface area contributed by atoms with Crippen molar-refractivity contribution in [2.45, 2.75) is 25.3 Å². The molecule has 0 aliphatic heterocycles. The third kappa shape index (κ3) is 3.84. The topological polar surface area (TPSA) is 55.4 Å². The van der Waals surface area contributed by atoms with E-state index < -0.39 is 35.7 Å². The molecule has 0 fully saturated rings. The van der Waals surface area contributed by atoms with E-state index in [-0.39, 0.29) is 6.04 Å². The molecule has 0 bridgehead atoms. The summed E-state index contributed by atoms with van der Waals surface area (Å²) < 4.78 is 31.8. The molecule has 0 spiro atoms. The summed E-state index contributed by atoms with van der Waals surface area (Å²) in [5.74, 6) is -3.75. The van der Waals surface area contributed by atoms with Gasteiger partial charge in [0.2, 0.25) is 0 Å². The maximum absolute atomic E-state index is 13.5. The van der Waals surface area contributed by atoms with Crippen LogP contribution in [-0.4, -0.2) is 18.5 Å². The summed E-state index contributed by atoms with van der Waals surface area (Å²) in [5.41, 5.74) is 1.44. The van der Waals surface area contributed by atoms with Crippen molar-refractivity contribution in [2.24, 2.45) is 0 Å². The fraction of sp³-hybridized carbons (Fsp3) is 0.263. The number of amides is 1. The van der Waals surface area contributed by atoms with Crippen LogP contribution in [-0.2, 0) is 16.0 Å². The first-order valence-electron chi connectivity index (χ1n) is 8.04. The number of benzene rings is 2. The average Bonchev–Trinajstić information content (AvgIpc) is 2.60. The molecule has 1 aliphatic rings. The molecule has 1 amide bonds. The molecule has 2 aromatic carbocycles. The van der Waals surface area contributed by atoms with Crippen LogP contribution in [0, 0.1) is 11.6 Å². The first-order chi connectivity index (χ1) is 12.1. The second kappa shape index (κ2) is 7.42. The van der Waals surface area contributed by atoms with Gasteiger partial charge in [0.25, 0.3) is 5.91 Å². The average molecular weight is 345 g/mol. The molecular weight excluding hydrogens is 328 g/mol. The second-order valence-corrected chi connectivity index (χ2v) is 5.88. The van der Waals surface area contributed by atoms with Gasteiger partial charge in [0.1, 0.15) is 17.2 Å². The summed E-state index contributed by atoms with van der Waals surface area (Å²) in [6, 6.07) is 10.8. The zero-order chi connectivity index (χ0) is 17.8. The molecule has 0 saturated carbocycles. The Morgan fingerprint density at radius 3 is 2.56 bits per heavy atom. The highest BCUT2D eigenvalue weighted by Gasteiger charge is 2.23. The molecule has 1 atom stereocenters. The summed E-state index contributed by atoms with van der Waals surface area (Å²) >= 11 is 0. The predicted molar refractivity (Wildman–Crippen MR) is 86.9 cm³/mol. The van der Waals surface area contributed by atoms with Gasteiger partial charge >= 0.3 is 5.97 Å². The Morgan fingerprint density at radius 2 is 1.80 bits per heavy atom.